The van der Waals surface area contributed by atoms with E-state index in [4.69, 9.17) is 0 Å². The normalized spacial score (nSPS) is 19.8. The molecule has 4 nitrogen and oxygen atoms in total. The van der Waals surface area contributed by atoms with Crippen LogP contribution in [0.5, 0.6) is 0 Å². The van der Waals surface area contributed by atoms with Crippen molar-refractivity contribution in [2.75, 3.05) is 33.7 Å². The summed E-state index contributed by atoms with van der Waals surface area (Å²) < 4.78 is 0. The van der Waals surface area contributed by atoms with Crippen LogP contribution in [0.25, 0.3) is 0 Å². The van der Waals surface area contributed by atoms with Gasteiger partial charge in [0, 0.05) is 38.4 Å². The molecule has 1 aliphatic heterocycles. The molecule has 1 N–H and O–H groups in total. The highest BCUT2D eigenvalue weighted by Crippen LogP contribution is 2.16. The van der Waals surface area contributed by atoms with Gasteiger partial charge in [-0.1, -0.05) is 19.9 Å². The van der Waals surface area contributed by atoms with Crippen LogP contribution in [0.2, 0.25) is 0 Å². The van der Waals surface area contributed by atoms with Crippen molar-refractivity contribution < 1.29 is 0 Å². The smallest absolute Gasteiger partial charge is 0.0544 e. The van der Waals surface area contributed by atoms with E-state index in [9.17, 15) is 0 Å². The Balaban J connectivity index is 1.76. The first-order chi connectivity index (χ1) is 10.0. The van der Waals surface area contributed by atoms with Crippen molar-refractivity contribution in [1.29, 1.82) is 0 Å². The number of likely N-dealkylation sites (tertiary alicyclic amines) is 1. The molecule has 4 heteroatoms. The highest BCUT2D eigenvalue weighted by molar-refractivity contribution is 5.14. The van der Waals surface area contributed by atoms with Crippen molar-refractivity contribution in [3.8, 4) is 0 Å². The topological polar surface area (TPSA) is 31.4 Å². The lowest BCUT2D eigenvalue weighted by Gasteiger charge is -2.20. The zero-order chi connectivity index (χ0) is 15.2. The second kappa shape index (κ2) is 7.87. The SMILES string of the molecule is CC(C)NCc1ccc(CN(C)CC2CCN(C)C2)nc1. The van der Waals surface area contributed by atoms with E-state index in [1.165, 1.54) is 31.6 Å². The van der Waals surface area contributed by atoms with Crippen molar-refractivity contribution in [2.45, 2.75) is 39.4 Å². The maximum absolute atomic E-state index is 4.59. The first-order valence-corrected chi connectivity index (χ1v) is 8.07. The highest BCUT2D eigenvalue weighted by atomic mass is 15.2. The van der Waals surface area contributed by atoms with Crippen molar-refractivity contribution in [2.24, 2.45) is 5.92 Å². The molecule has 0 bridgehead atoms. The molecule has 1 atom stereocenters. The third-order valence-electron chi connectivity index (χ3n) is 4.09. The number of rotatable bonds is 7. The molecule has 0 aliphatic carbocycles. The van der Waals surface area contributed by atoms with Crippen LogP contribution in [0.1, 0.15) is 31.5 Å². The summed E-state index contributed by atoms with van der Waals surface area (Å²) in [6.45, 7) is 9.82. The lowest BCUT2D eigenvalue weighted by Crippen LogP contribution is -2.27. The van der Waals surface area contributed by atoms with Crippen molar-refractivity contribution in [3.05, 3.63) is 29.6 Å². The van der Waals surface area contributed by atoms with Crippen molar-refractivity contribution in [3.63, 3.8) is 0 Å². The molecule has 0 radical (unpaired) electrons. The van der Waals surface area contributed by atoms with Gasteiger partial charge in [-0.3, -0.25) is 4.98 Å². The van der Waals surface area contributed by atoms with Gasteiger partial charge in [-0.25, -0.2) is 0 Å². The minimum absolute atomic E-state index is 0.514. The number of hydrogen-bond acceptors (Lipinski definition) is 4. The van der Waals surface area contributed by atoms with E-state index in [0.29, 0.717) is 6.04 Å². The zero-order valence-electron chi connectivity index (χ0n) is 14.0. The van der Waals surface area contributed by atoms with E-state index in [-0.39, 0.29) is 0 Å². The van der Waals surface area contributed by atoms with Crippen molar-refractivity contribution >= 4 is 0 Å². The Labute approximate surface area is 129 Å². The molecule has 0 amide bonds. The predicted molar refractivity (Wildman–Crippen MR) is 88.2 cm³/mol. The van der Waals surface area contributed by atoms with Crippen LogP contribution < -0.4 is 5.32 Å². The van der Waals surface area contributed by atoms with E-state index in [1.54, 1.807) is 0 Å². The van der Waals surface area contributed by atoms with Gasteiger partial charge in [-0.05, 0) is 44.6 Å². The minimum Gasteiger partial charge on any atom is -0.310 e. The molecule has 1 aromatic rings. The van der Waals surface area contributed by atoms with Gasteiger partial charge in [-0.15, -0.1) is 0 Å². The standard InChI is InChI=1S/C17H30N4/c1-14(2)18-9-15-5-6-17(19-10-15)13-21(4)12-16-7-8-20(3)11-16/h5-6,10,14,16,18H,7-9,11-13H2,1-4H3. The van der Waals surface area contributed by atoms with Gasteiger partial charge in [0.05, 0.1) is 5.69 Å². The lowest BCUT2D eigenvalue weighted by molar-refractivity contribution is 0.264. The zero-order valence-corrected chi connectivity index (χ0v) is 14.0. The summed E-state index contributed by atoms with van der Waals surface area (Å²) in [5, 5.41) is 3.42. The molecule has 0 aromatic carbocycles. The van der Waals surface area contributed by atoms with Gasteiger partial charge >= 0.3 is 0 Å². The molecule has 21 heavy (non-hydrogen) atoms. The Bertz CT molecular complexity index is 415. The van der Waals surface area contributed by atoms with Crippen LogP contribution in [0.3, 0.4) is 0 Å². The minimum atomic E-state index is 0.514. The van der Waals surface area contributed by atoms with Crippen molar-refractivity contribution in [1.82, 2.24) is 20.1 Å². The molecule has 0 spiro atoms. The van der Waals surface area contributed by atoms with E-state index in [1.807, 2.05) is 6.20 Å². The summed E-state index contributed by atoms with van der Waals surface area (Å²) in [6.07, 6.45) is 3.33. The Hall–Kier alpha value is -0.970. The molecule has 1 aromatic heterocycles. The van der Waals surface area contributed by atoms with Crippen LogP contribution in [-0.2, 0) is 13.1 Å². The van der Waals surface area contributed by atoms with Crippen LogP contribution in [0, 0.1) is 5.92 Å². The molecule has 2 rings (SSSR count). The van der Waals surface area contributed by atoms with Gasteiger partial charge in [-0.2, -0.15) is 0 Å². The van der Waals surface area contributed by atoms with Gasteiger partial charge < -0.3 is 15.1 Å². The van der Waals surface area contributed by atoms with Crippen LogP contribution >= 0.6 is 0 Å². The van der Waals surface area contributed by atoms with E-state index in [0.717, 1.165) is 24.7 Å². The molecule has 1 fully saturated rings. The fourth-order valence-corrected chi connectivity index (χ4v) is 2.93. The van der Waals surface area contributed by atoms with Gasteiger partial charge in [0.15, 0.2) is 0 Å². The fourth-order valence-electron chi connectivity index (χ4n) is 2.93. The summed E-state index contributed by atoms with van der Waals surface area (Å²) >= 11 is 0. The molecule has 1 unspecified atom stereocenters. The Morgan fingerprint density at radius 1 is 1.43 bits per heavy atom. The maximum atomic E-state index is 4.59. The predicted octanol–water partition coefficient (Wildman–Crippen LogP) is 1.96. The quantitative estimate of drug-likeness (QED) is 0.832. The third-order valence-corrected chi connectivity index (χ3v) is 4.09. The fraction of sp³-hybridized carbons (Fsp3) is 0.706. The Kier molecular flexibility index (Phi) is 6.15. The summed E-state index contributed by atoms with van der Waals surface area (Å²) in [6, 6.07) is 4.86. The van der Waals surface area contributed by atoms with Gasteiger partial charge in [0.1, 0.15) is 0 Å². The summed E-state index contributed by atoms with van der Waals surface area (Å²) in [7, 11) is 4.42. The van der Waals surface area contributed by atoms with Crippen LogP contribution in [0.4, 0.5) is 0 Å². The average molecular weight is 290 g/mol. The summed E-state index contributed by atoms with van der Waals surface area (Å²) in [4.78, 5) is 9.42. The second-order valence-electron chi connectivity index (χ2n) is 6.81. The first kappa shape index (κ1) is 16.4. The molecule has 0 saturated carbocycles. The van der Waals surface area contributed by atoms with Gasteiger partial charge in [0.25, 0.3) is 0 Å². The number of nitrogens with zero attached hydrogens (tertiary/aromatic N) is 3. The average Bonchev–Trinajstić information content (AvgIpc) is 2.83. The number of pyridine rings is 1. The number of aromatic nitrogens is 1. The molecule has 2 heterocycles. The molecule has 1 saturated heterocycles. The molecular formula is C17H30N4. The van der Waals surface area contributed by atoms with E-state index in [2.05, 4.69) is 60.2 Å². The van der Waals surface area contributed by atoms with E-state index < -0.39 is 0 Å². The molecular weight excluding hydrogens is 260 g/mol. The highest BCUT2D eigenvalue weighted by Gasteiger charge is 2.20. The summed E-state index contributed by atoms with van der Waals surface area (Å²) in [5.74, 6) is 0.814. The number of nitrogens with one attached hydrogen (secondary N) is 1. The Morgan fingerprint density at radius 2 is 2.24 bits per heavy atom. The number of hydrogen-bond donors (Lipinski definition) is 1. The summed E-state index contributed by atoms with van der Waals surface area (Å²) in [5.41, 5.74) is 2.42. The maximum Gasteiger partial charge on any atom is 0.0544 e. The largest absolute Gasteiger partial charge is 0.310 e. The second-order valence-corrected chi connectivity index (χ2v) is 6.81. The molecule has 118 valence electrons. The van der Waals surface area contributed by atoms with Crippen LogP contribution in [0.15, 0.2) is 18.3 Å². The molecule has 1 aliphatic rings. The van der Waals surface area contributed by atoms with Gasteiger partial charge in [0.2, 0.25) is 0 Å². The Morgan fingerprint density at radius 3 is 2.81 bits per heavy atom. The first-order valence-electron chi connectivity index (χ1n) is 8.07. The monoisotopic (exact) mass is 290 g/mol. The lowest BCUT2D eigenvalue weighted by atomic mass is 10.1. The van der Waals surface area contributed by atoms with Crippen LogP contribution in [-0.4, -0.2) is 54.6 Å². The van der Waals surface area contributed by atoms with E-state index >= 15 is 0 Å². The third kappa shape index (κ3) is 5.73.